The normalized spacial score (nSPS) is 14.2. The van der Waals surface area contributed by atoms with Crippen LogP contribution in [0.1, 0.15) is 18.1 Å². The fourth-order valence-corrected chi connectivity index (χ4v) is 1.73. The van der Waals surface area contributed by atoms with Crippen molar-refractivity contribution in [2.45, 2.75) is 12.5 Å². The van der Waals surface area contributed by atoms with Gasteiger partial charge in [0, 0.05) is 11.6 Å². The molecule has 0 radical (unpaired) electrons. The predicted molar refractivity (Wildman–Crippen MR) is 60.7 cm³/mol. The topological polar surface area (TPSA) is 74.2 Å². The Labute approximate surface area is 104 Å². The van der Waals surface area contributed by atoms with Crippen molar-refractivity contribution >= 4 is 5.97 Å². The van der Waals surface area contributed by atoms with Crippen molar-refractivity contribution in [2.75, 3.05) is 21.0 Å². The first-order chi connectivity index (χ1) is 8.65. The lowest BCUT2D eigenvalue weighted by molar-refractivity contribution is -0.142. The van der Waals surface area contributed by atoms with E-state index in [1.165, 1.54) is 14.2 Å². The maximum Gasteiger partial charge on any atom is 0.308 e. The van der Waals surface area contributed by atoms with Crippen LogP contribution in [0.2, 0.25) is 0 Å². The third-order valence-corrected chi connectivity index (χ3v) is 2.67. The lowest BCUT2D eigenvalue weighted by atomic mass is 10.0. The fourth-order valence-electron chi connectivity index (χ4n) is 1.73. The number of ether oxygens (including phenoxy) is 4. The molecule has 1 aromatic carbocycles. The Morgan fingerprint density at radius 3 is 2.67 bits per heavy atom. The molecule has 1 N–H and O–H groups in total. The monoisotopic (exact) mass is 254 g/mol. The summed E-state index contributed by atoms with van der Waals surface area (Å²) >= 11 is 0. The van der Waals surface area contributed by atoms with Crippen molar-refractivity contribution in [1.82, 2.24) is 0 Å². The van der Waals surface area contributed by atoms with Gasteiger partial charge in [0.05, 0.1) is 26.7 Å². The molecule has 1 aromatic rings. The van der Waals surface area contributed by atoms with Gasteiger partial charge in [0.15, 0.2) is 11.5 Å². The molecule has 2 rings (SSSR count). The highest BCUT2D eigenvalue weighted by Crippen LogP contribution is 2.40. The second-order valence-corrected chi connectivity index (χ2v) is 3.74. The summed E-state index contributed by atoms with van der Waals surface area (Å²) in [6, 6.07) is 3.23. The van der Waals surface area contributed by atoms with Crippen LogP contribution in [-0.2, 0) is 9.53 Å². The fraction of sp³-hybridized carbons (Fsp3) is 0.417. The molecular weight excluding hydrogens is 240 g/mol. The average molecular weight is 254 g/mol. The summed E-state index contributed by atoms with van der Waals surface area (Å²) in [6.45, 7) is 0.134. The van der Waals surface area contributed by atoms with Gasteiger partial charge in [-0.1, -0.05) is 0 Å². The number of aliphatic hydroxyl groups is 1. The van der Waals surface area contributed by atoms with Gasteiger partial charge in [0.1, 0.15) is 5.75 Å². The van der Waals surface area contributed by atoms with Gasteiger partial charge in [0.25, 0.3) is 0 Å². The lowest BCUT2D eigenvalue weighted by Crippen LogP contribution is -2.09. The number of carbonyl (C=O) groups excluding carboxylic acids is 1. The maximum absolute atomic E-state index is 11.1. The molecule has 0 bridgehead atoms. The Morgan fingerprint density at radius 1 is 1.39 bits per heavy atom. The van der Waals surface area contributed by atoms with Crippen molar-refractivity contribution in [3.05, 3.63) is 17.7 Å². The van der Waals surface area contributed by atoms with E-state index in [1.807, 2.05) is 0 Å². The molecule has 1 aliphatic heterocycles. The van der Waals surface area contributed by atoms with E-state index in [0.717, 1.165) is 0 Å². The summed E-state index contributed by atoms with van der Waals surface area (Å²) in [5.74, 6) is 1.02. The molecule has 0 unspecified atom stereocenters. The molecule has 0 aromatic heterocycles. The number of carbonyl (C=O) groups is 1. The van der Waals surface area contributed by atoms with E-state index in [9.17, 15) is 9.90 Å². The zero-order chi connectivity index (χ0) is 13.1. The van der Waals surface area contributed by atoms with E-state index < -0.39 is 12.1 Å². The Hall–Kier alpha value is -1.95. The molecular formula is C12H14O6. The summed E-state index contributed by atoms with van der Waals surface area (Å²) in [4.78, 5) is 11.1. The summed E-state index contributed by atoms with van der Waals surface area (Å²) in [7, 11) is 2.75. The Bertz CT molecular complexity index is 456. The number of methoxy groups -OCH3 is 2. The van der Waals surface area contributed by atoms with Crippen LogP contribution in [0.5, 0.6) is 17.2 Å². The third-order valence-electron chi connectivity index (χ3n) is 2.67. The predicted octanol–water partition coefficient (Wildman–Crippen LogP) is 1.02. The molecule has 0 spiro atoms. The van der Waals surface area contributed by atoms with Crippen LogP contribution in [0, 0.1) is 0 Å². The largest absolute Gasteiger partial charge is 0.496 e. The van der Waals surface area contributed by atoms with E-state index in [-0.39, 0.29) is 13.2 Å². The third kappa shape index (κ3) is 2.33. The van der Waals surface area contributed by atoms with Crippen LogP contribution >= 0.6 is 0 Å². The van der Waals surface area contributed by atoms with Crippen LogP contribution in [0.25, 0.3) is 0 Å². The first-order valence-electron chi connectivity index (χ1n) is 5.38. The van der Waals surface area contributed by atoms with Gasteiger partial charge in [-0.05, 0) is 6.07 Å². The van der Waals surface area contributed by atoms with E-state index in [1.54, 1.807) is 12.1 Å². The van der Waals surface area contributed by atoms with Crippen molar-refractivity contribution in [3.8, 4) is 17.2 Å². The van der Waals surface area contributed by atoms with Gasteiger partial charge in [-0.3, -0.25) is 4.79 Å². The van der Waals surface area contributed by atoms with Gasteiger partial charge in [-0.2, -0.15) is 0 Å². The van der Waals surface area contributed by atoms with E-state index in [2.05, 4.69) is 4.74 Å². The molecule has 18 heavy (non-hydrogen) atoms. The molecule has 0 fully saturated rings. The first-order valence-corrected chi connectivity index (χ1v) is 5.38. The lowest BCUT2D eigenvalue weighted by Gasteiger charge is -2.14. The number of aliphatic hydroxyl groups excluding tert-OH is 1. The quantitative estimate of drug-likeness (QED) is 0.809. The second kappa shape index (κ2) is 5.14. The average Bonchev–Trinajstić information content (AvgIpc) is 2.83. The SMILES string of the molecule is COC(=O)C[C@@H](O)c1cc2c(cc1OC)OCO2. The zero-order valence-corrected chi connectivity index (χ0v) is 10.1. The standard InChI is InChI=1S/C12H14O6/c1-15-9-5-11-10(17-6-18-11)3-7(9)8(13)4-12(14)16-2/h3,5,8,13H,4,6H2,1-2H3/t8-/m1/s1. The minimum Gasteiger partial charge on any atom is -0.496 e. The molecule has 0 amide bonds. The molecule has 6 heteroatoms. The molecule has 98 valence electrons. The number of benzene rings is 1. The highest BCUT2D eigenvalue weighted by molar-refractivity contribution is 5.70. The molecule has 1 aliphatic rings. The van der Waals surface area contributed by atoms with Crippen molar-refractivity contribution in [2.24, 2.45) is 0 Å². The van der Waals surface area contributed by atoms with E-state index >= 15 is 0 Å². The Kier molecular flexibility index (Phi) is 3.57. The highest BCUT2D eigenvalue weighted by atomic mass is 16.7. The van der Waals surface area contributed by atoms with E-state index in [4.69, 9.17) is 14.2 Å². The summed E-state index contributed by atoms with van der Waals surface area (Å²) in [5, 5.41) is 9.99. The Balaban J connectivity index is 2.28. The van der Waals surface area contributed by atoms with Crippen molar-refractivity contribution in [1.29, 1.82) is 0 Å². The van der Waals surface area contributed by atoms with Crippen molar-refractivity contribution in [3.63, 3.8) is 0 Å². The number of rotatable bonds is 4. The smallest absolute Gasteiger partial charge is 0.308 e. The maximum atomic E-state index is 11.1. The number of hydrogen-bond acceptors (Lipinski definition) is 6. The summed E-state index contributed by atoms with van der Waals surface area (Å²) < 4.78 is 20.1. The van der Waals surface area contributed by atoms with Gasteiger partial charge < -0.3 is 24.1 Å². The van der Waals surface area contributed by atoms with Crippen LogP contribution in [0.15, 0.2) is 12.1 Å². The van der Waals surface area contributed by atoms with Gasteiger partial charge >= 0.3 is 5.97 Å². The minimum atomic E-state index is -1.01. The molecule has 0 aliphatic carbocycles. The van der Waals surface area contributed by atoms with Crippen LogP contribution in [0.3, 0.4) is 0 Å². The number of fused-ring (bicyclic) bond motifs is 1. The molecule has 1 heterocycles. The van der Waals surface area contributed by atoms with Gasteiger partial charge in [-0.25, -0.2) is 0 Å². The number of hydrogen-bond donors (Lipinski definition) is 1. The van der Waals surface area contributed by atoms with Crippen LogP contribution in [0.4, 0.5) is 0 Å². The number of esters is 1. The highest BCUT2D eigenvalue weighted by Gasteiger charge is 2.23. The molecule has 0 saturated carbocycles. The van der Waals surface area contributed by atoms with Crippen LogP contribution in [-0.4, -0.2) is 32.1 Å². The Morgan fingerprint density at radius 2 is 2.06 bits per heavy atom. The molecule has 6 nitrogen and oxygen atoms in total. The minimum absolute atomic E-state index is 0.134. The van der Waals surface area contributed by atoms with Gasteiger partial charge in [0.2, 0.25) is 6.79 Å². The summed E-state index contributed by atoms with van der Waals surface area (Å²) in [5.41, 5.74) is 0.465. The first kappa shape index (κ1) is 12.5. The van der Waals surface area contributed by atoms with Crippen molar-refractivity contribution < 1.29 is 28.8 Å². The second-order valence-electron chi connectivity index (χ2n) is 3.74. The molecule has 0 saturated heterocycles. The van der Waals surface area contributed by atoms with E-state index in [0.29, 0.717) is 22.8 Å². The zero-order valence-electron chi connectivity index (χ0n) is 10.1. The summed E-state index contributed by atoms with van der Waals surface area (Å²) in [6.07, 6.45) is -1.16. The molecule has 1 atom stereocenters. The van der Waals surface area contributed by atoms with Crippen LogP contribution < -0.4 is 14.2 Å². The van der Waals surface area contributed by atoms with Gasteiger partial charge in [-0.15, -0.1) is 0 Å².